The molecule has 0 heterocycles. The molecule has 0 aliphatic carbocycles. The minimum atomic E-state index is -0.474. The van der Waals surface area contributed by atoms with Gasteiger partial charge >= 0.3 is 5.97 Å². The molecule has 1 aromatic rings. The van der Waals surface area contributed by atoms with Gasteiger partial charge in [-0.2, -0.15) is 0 Å². The van der Waals surface area contributed by atoms with E-state index in [1.807, 2.05) is 0 Å². The van der Waals surface area contributed by atoms with Crippen LogP contribution in [-0.4, -0.2) is 31.1 Å². The fourth-order valence-corrected chi connectivity index (χ4v) is 2.99. The average Bonchev–Trinajstić information content (AvgIpc) is 2.65. The summed E-state index contributed by atoms with van der Waals surface area (Å²) in [5.41, 5.74) is 0.912. The molecule has 0 atom stereocenters. The quantitative estimate of drug-likeness (QED) is 0.204. The van der Waals surface area contributed by atoms with E-state index in [0.717, 1.165) is 64.5 Å². The molecule has 0 aliphatic heterocycles. The third kappa shape index (κ3) is 7.02. The third-order valence-corrected chi connectivity index (χ3v) is 4.50. The lowest BCUT2D eigenvalue weighted by molar-refractivity contribution is -0.384. The van der Waals surface area contributed by atoms with Crippen molar-refractivity contribution in [2.24, 2.45) is 0 Å². The number of rotatable bonds is 13. The first-order chi connectivity index (χ1) is 12.5. The van der Waals surface area contributed by atoms with Gasteiger partial charge in [0.25, 0.3) is 5.69 Å². The number of anilines is 1. The molecule has 6 nitrogen and oxygen atoms in total. The van der Waals surface area contributed by atoms with Crippen molar-refractivity contribution >= 4 is 17.3 Å². The van der Waals surface area contributed by atoms with Crippen LogP contribution in [0.15, 0.2) is 18.2 Å². The Morgan fingerprint density at radius 1 is 1.04 bits per heavy atom. The lowest BCUT2D eigenvalue weighted by Gasteiger charge is -2.25. The standard InChI is InChI=1S/C20H32N2O4/c1-4-6-8-10-14-21(15-11-9-7-5-2)19-16-17(20(23)26-3)12-13-18(19)22(24)25/h12-13,16H,4-11,14-15H2,1-3H3. The lowest BCUT2D eigenvalue weighted by atomic mass is 10.1. The molecule has 1 aromatic carbocycles. The molecule has 0 spiro atoms. The number of unbranched alkanes of at least 4 members (excludes halogenated alkanes) is 6. The largest absolute Gasteiger partial charge is 0.465 e. The molecule has 0 aromatic heterocycles. The molecule has 0 N–H and O–H groups in total. The zero-order valence-electron chi connectivity index (χ0n) is 16.3. The van der Waals surface area contributed by atoms with Crippen LogP contribution in [0.4, 0.5) is 11.4 Å². The Bertz CT molecular complexity index is 563. The number of esters is 1. The van der Waals surface area contributed by atoms with E-state index in [2.05, 4.69) is 18.7 Å². The number of hydrogen-bond acceptors (Lipinski definition) is 5. The fourth-order valence-electron chi connectivity index (χ4n) is 2.99. The van der Waals surface area contributed by atoms with Crippen molar-refractivity contribution in [1.82, 2.24) is 0 Å². The summed E-state index contributed by atoms with van der Waals surface area (Å²) in [5, 5.41) is 11.5. The van der Waals surface area contributed by atoms with Crippen LogP contribution in [0.1, 0.15) is 75.6 Å². The normalized spacial score (nSPS) is 10.6. The highest BCUT2D eigenvalue weighted by atomic mass is 16.6. The first kappa shape index (κ1) is 21.9. The fraction of sp³-hybridized carbons (Fsp3) is 0.650. The summed E-state index contributed by atoms with van der Waals surface area (Å²) < 4.78 is 4.77. The van der Waals surface area contributed by atoms with Crippen molar-refractivity contribution < 1.29 is 14.5 Å². The Hall–Kier alpha value is -2.11. The molecule has 146 valence electrons. The molecule has 0 saturated heterocycles. The highest BCUT2D eigenvalue weighted by molar-refractivity contribution is 5.91. The molecular weight excluding hydrogens is 332 g/mol. The molecule has 0 fully saturated rings. The van der Waals surface area contributed by atoms with Crippen LogP contribution in [-0.2, 0) is 4.74 Å². The van der Waals surface area contributed by atoms with Crippen LogP contribution in [0.5, 0.6) is 0 Å². The predicted molar refractivity (Wildman–Crippen MR) is 105 cm³/mol. The van der Waals surface area contributed by atoms with Crippen LogP contribution >= 0.6 is 0 Å². The van der Waals surface area contributed by atoms with Crippen LogP contribution in [0, 0.1) is 10.1 Å². The Morgan fingerprint density at radius 3 is 2.08 bits per heavy atom. The van der Waals surface area contributed by atoms with E-state index < -0.39 is 5.97 Å². The van der Waals surface area contributed by atoms with E-state index in [9.17, 15) is 14.9 Å². The molecular formula is C20H32N2O4. The second-order valence-corrected chi connectivity index (χ2v) is 6.56. The van der Waals surface area contributed by atoms with Gasteiger partial charge in [-0.15, -0.1) is 0 Å². The van der Waals surface area contributed by atoms with Crippen LogP contribution < -0.4 is 4.90 Å². The number of methoxy groups -OCH3 is 1. The van der Waals surface area contributed by atoms with Crippen molar-refractivity contribution in [1.29, 1.82) is 0 Å². The number of benzene rings is 1. The molecule has 0 bridgehead atoms. The third-order valence-electron chi connectivity index (χ3n) is 4.50. The number of nitro benzene ring substituents is 1. The maximum Gasteiger partial charge on any atom is 0.337 e. The minimum absolute atomic E-state index is 0.0450. The molecule has 26 heavy (non-hydrogen) atoms. The van der Waals surface area contributed by atoms with E-state index in [1.54, 1.807) is 6.07 Å². The van der Waals surface area contributed by atoms with Crippen molar-refractivity contribution in [2.45, 2.75) is 65.2 Å². The Labute approximate surface area is 156 Å². The zero-order valence-corrected chi connectivity index (χ0v) is 16.3. The van der Waals surface area contributed by atoms with E-state index >= 15 is 0 Å². The number of carbonyl (C=O) groups excluding carboxylic acids is 1. The first-order valence-electron chi connectivity index (χ1n) is 9.66. The van der Waals surface area contributed by atoms with Crippen LogP contribution in [0.2, 0.25) is 0 Å². The highest BCUT2D eigenvalue weighted by Crippen LogP contribution is 2.30. The predicted octanol–water partition coefficient (Wildman–Crippen LogP) is 5.35. The summed E-state index contributed by atoms with van der Waals surface area (Å²) >= 11 is 0. The topological polar surface area (TPSA) is 72.7 Å². The van der Waals surface area contributed by atoms with E-state index in [4.69, 9.17) is 4.74 Å². The summed E-state index contributed by atoms with van der Waals surface area (Å²) in [5.74, 6) is -0.474. The number of hydrogen-bond donors (Lipinski definition) is 0. The second-order valence-electron chi connectivity index (χ2n) is 6.56. The van der Waals surface area contributed by atoms with Gasteiger partial charge < -0.3 is 9.64 Å². The Balaban J connectivity index is 3.05. The van der Waals surface area contributed by atoms with Gasteiger partial charge in [0.15, 0.2) is 0 Å². The summed E-state index contributed by atoms with van der Waals surface area (Å²) in [6.07, 6.45) is 8.80. The van der Waals surface area contributed by atoms with Crippen molar-refractivity contribution in [3.63, 3.8) is 0 Å². The molecule has 0 unspecified atom stereocenters. The molecule has 0 aliphatic rings. The first-order valence-corrected chi connectivity index (χ1v) is 9.66. The Morgan fingerprint density at radius 2 is 1.62 bits per heavy atom. The van der Waals surface area contributed by atoms with Gasteiger partial charge in [0.2, 0.25) is 0 Å². The molecule has 1 rings (SSSR count). The van der Waals surface area contributed by atoms with E-state index in [1.165, 1.54) is 19.2 Å². The molecule has 0 radical (unpaired) electrons. The second kappa shape index (κ2) is 12.3. The minimum Gasteiger partial charge on any atom is -0.465 e. The van der Waals surface area contributed by atoms with Crippen molar-refractivity contribution in [3.05, 3.63) is 33.9 Å². The summed E-state index contributed by atoms with van der Waals surface area (Å²) in [7, 11) is 1.32. The van der Waals surface area contributed by atoms with Crippen molar-refractivity contribution in [2.75, 3.05) is 25.1 Å². The van der Waals surface area contributed by atoms with Gasteiger partial charge in [-0.1, -0.05) is 52.4 Å². The van der Waals surface area contributed by atoms with Gasteiger partial charge in [-0.3, -0.25) is 10.1 Å². The molecule has 0 amide bonds. The summed E-state index contributed by atoms with van der Waals surface area (Å²) in [6.45, 7) is 5.84. The zero-order chi connectivity index (χ0) is 19.4. The van der Waals surface area contributed by atoms with Gasteiger partial charge in [0.05, 0.1) is 17.6 Å². The van der Waals surface area contributed by atoms with Crippen molar-refractivity contribution in [3.8, 4) is 0 Å². The smallest absolute Gasteiger partial charge is 0.337 e. The number of nitrogens with zero attached hydrogens (tertiary/aromatic N) is 2. The van der Waals surface area contributed by atoms with Crippen LogP contribution in [0.25, 0.3) is 0 Å². The summed E-state index contributed by atoms with van der Waals surface area (Å²) in [4.78, 5) is 25.0. The van der Waals surface area contributed by atoms with Gasteiger partial charge in [0, 0.05) is 19.2 Å². The highest BCUT2D eigenvalue weighted by Gasteiger charge is 2.21. The molecule has 6 heteroatoms. The number of carbonyl (C=O) groups is 1. The SMILES string of the molecule is CCCCCCN(CCCCCC)c1cc(C(=O)OC)ccc1[N+](=O)[O-]. The average molecular weight is 364 g/mol. The monoisotopic (exact) mass is 364 g/mol. The van der Waals surface area contributed by atoms with E-state index in [-0.39, 0.29) is 10.6 Å². The Kier molecular flexibility index (Phi) is 10.4. The van der Waals surface area contributed by atoms with Gasteiger partial charge in [-0.25, -0.2) is 4.79 Å². The van der Waals surface area contributed by atoms with Gasteiger partial charge in [0.1, 0.15) is 5.69 Å². The van der Waals surface area contributed by atoms with Crippen LogP contribution in [0.3, 0.4) is 0 Å². The summed E-state index contributed by atoms with van der Waals surface area (Å²) in [6, 6.07) is 4.47. The maximum absolute atomic E-state index is 11.9. The number of nitro groups is 1. The lowest BCUT2D eigenvalue weighted by Crippen LogP contribution is -2.27. The van der Waals surface area contributed by atoms with E-state index in [0.29, 0.717) is 11.3 Å². The maximum atomic E-state index is 11.9. The molecule has 0 saturated carbocycles. The number of ether oxygens (including phenoxy) is 1. The van der Waals surface area contributed by atoms with Gasteiger partial charge in [-0.05, 0) is 25.0 Å².